The Labute approximate surface area is 255 Å². The number of benzene rings is 2. The summed E-state index contributed by atoms with van der Waals surface area (Å²) < 4.78 is 1.28. The van der Waals surface area contributed by atoms with Crippen LogP contribution in [0, 0.1) is 6.92 Å². The topological polar surface area (TPSA) is 151 Å². The van der Waals surface area contributed by atoms with Crippen molar-refractivity contribution >= 4 is 35.3 Å². The third-order valence-corrected chi connectivity index (χ3v) is 5.41. The van der Waals surface area contributed by atoms with Gasteiger partial charge in [-0.15, -0.1) is 0 Å². The van der Waals surface area contributed by atoms with Crippen LogP contribution in [0.1, 0.15) is 38.9 Å². The molecule has 12 heteroatoms. The van der Waals surface area contributed by atoms with Gasteiger partial charge in [-0.05, 0) is 61.4 Å². The Hall–Kier alpha value is -2.99. The van der Waals surface area contributed by atoms with Crippen molar-refractivity contribution in [1.82, 2.24) is 9.78 Å². The van der Waals surface area contributed by atoms with Gasteiger partial charge in [-0.25, -0.2) is 4.68 Å². The van der Waals surface area contributed by atoms with Crippen molar-refractivity contribution in [2.75, 3.05) is 5.01 Å². The van der Waals surface area contributed by atoms with E-state index in [2.05, 4.69) is 10.2 Å². The second-order valence-corrected chi connectivity index (χ2v) is 7.70. The van der Waals surface area contributed by atoms with E-state index < -0.39 is 17.8 Å². The van der Waals surface area contributed by atoms with Crippen LogP contribution in [0.2, 0.25) is 0 Å². The number of H-pyrrole nitrogens is 1. The van der Waals surface area contributed by atoms with Crippen LogP contribution in [0.25, 0.3) is 11.8 Å². The van der Waals surface area contributed by atoms with Gasteiger partial charge < -0.3 is 19.8 Å². The van der Waals surface area contributed by atoms with Gasteiger partial charge in [-0.2, -0.15) is 10.1 Å². The molecule has 1 N–H and O–H groups in total. The Morgan fingerprint density at radius 3 is 1.89 bits per heavy atom. The Bertz CT molecular complexity index is 1500. The maximum atomic E-state index is 12.9. The molecule has 0 radical (unpaired) electrons. The molecule has 1 amide bonds. The SMILES string of the molecule is CC1=NN(c2ccc(C(=O)[O-])cc2)C(=O)C1=CC=Cc1c(C)[nH]n(-c2ccc(C(=O)[O-])cc2)c1=O.[Na+].[Na+]. The van der Waals surface area contributed by atoms with E-state index in [-0.39, 0.29) is 75.8 Å². The van der Waals surface area contributed by atoms with Gasteiger partial charge in [-0.3, -0.25) is 14.7 Å². The number of amides is 1. The molecule has 0 aliphatic carbocycles. The van der Waals surface area contributed by atoms with Crippen molar-refractivity contribution in [3.63, 3.8) is 0 Å². The predicted molar refractivity (Wildman–Crippen MR) is 124 cm³/mol. The number of nitrogens with one attached hydrogen (secondary N) is 1. The van der Waals surface area contributed by atoms with Crippen molar-refractivity contribution in [3.05, 3.63) is 99.0 Å². The van der Waals surface area contributed by atoms with E-state index in [4.69, 9.17) is 0 Å². The molecule has 176 valence electrons. The fourth-order valence-corrected chi connectivity index (χ4v) is 3.55. The van der Waals surface area contributed by atoms with Crippen molar-refractivity contribution in [2.24, 2.45) is 5.10 Å². The molecule has 2 aromatic carbocycles. The Morgan fingerprint density at radius 1 is 0.865 bits per heavy atom. The average Bonchev–Trinajstić information content (AvgIpc) is 3.28. The number of hydrogen-bond donors (Lipinski definition) is 1. The molecule has 4 rings (SSSR count). The normalized spacial score (nSPS) is 13.9. The first-order valence-electron chi connectivity index (χ1n) is 10.4. The minimum atomic E-state index is -1.32. The van der Waals surface area contributed by atoms with Gasteiger partial charge in [0.25, 0.3) is 11.5 Å². The maximum absolute atomic E-state index is 12.9. The van der Waals surface area contributed by atoms with Crippen LogP contribution in [0.4, 0.5) is 5.69 Å². The van der Waals surface area contributed by atoms with E-state index >= 15 is 0 Å². The Balaban J connectivity index is 0.00000241. The van der Waals surface area contributed by atoms with Gasteiger partial charge in [0.15, 0.2) is 0 Å². The molecule has 0 unspecified atom stereocenters. The van der Waals surface area contributed by atoms with Crippen molar-refractivity contribution in [3.8, 4) is 5.69 Å². The van der Waals surface area contributed by atoms with E-state index in [1.165, 1.54) is 58.2 Å². The number of carboxylic acids is 2. The predicted octanol–water partition coefficient (Wildman–Crippen LogP) is -5.43. The largest absolute Gasteiger partial charge is 1.00 e. The summed E-state index contributed by atoms with van der Waals surface area (Å²) in [6.07, 6.45) is 4.67. The number of aromatic amines is 1. The Kier molecular flexibility index (Phi) is 10.2. The van der Waals surface area contributed by atoms with Gasteiger partial charge in [0.1, 0.15) is 0 Å². The second-order valence-electron chi connectivity index (χ2n) is 7.70. The molecule has 0 saturated carbocycles. The second kappa shape index (κ2) is 12.5. The quantitative estimate of drug-likeness (QED) is 0.255. The molecule has 1 aliphatic rings. The minimum Gasteiger partial charge on any atom is -0.545 e. The number of aromatic nitrogens is 2. The number of hydrogen-bond acceptors (Lipinski definition) is 7. The van der Waals surface area contributed by atoms with E-state index in [1.807, 2.05) is 0 Å². The van der Waals surface area contributed by atoms with Crippen molar-refractivity contribution in [1.29, 1.82) is 0 Å². The fourth-order valence-electron chi connectivity index (χ4n) is 3.55. The van der Waals surface area contributed by atoms with Crippen LogP contribution in [-0.2, 0) is 4.79 Å². The first-order chi connectivity index (χ1) is 16.7. The average molecular weight is 516 g/mol. The van der Waals surface area contributed by atoms with Crippen LogP contribution < -0.4 is 79.9 Å². The molecule has 0 bridgehead atoms. The third-order valence-electron chi connectivity index (χ3n) is 5.41. The summed E-state index contributed by atoms with van der Waals surface area (Å²) in [4.78, 5) is 47.5. The molecule has 37 heavy (non-hydrogen) atoms. The first-order valence-corrected chi connectivity index (χ1v) is 10.4. The number of carbonyl (C=O) groups is 3. The molecular formula is C25H18N4Na2O6. The third kappa shape index (κ3) is 6.30. The standard InChI is InChI=1S/C25H20N4O6.2Na/c1-14-20(22(30)28(26-14)18-10-6-16(7-11-18)24(32)33)4-3-5-21-15(2)27-29(23(21)31)19-12-8-17(9-13-19)25(34)35;;/h3-13,26H,1-2H3,(H,32,33)(H,34,35);;/q;2*+1/p-2. The van der Waals surface area contributed by atoms with Crippen molar-refractivity contribution in [2.45, 2.75) is 13.8 Å². The molecule has 2 heterocycles. The van der Waals surface area contributed by atoms with E-state index in [1.54, 1.807) is 32.1 Å². The summed E-state index contributed by atoms with van der Waals surface area (Å²) in [6.45, 7) is 3.38. The number of hydrazone groups is 1. The number of aryl methyl sites for hydroxylation is 1. The molecule has 0 atom stereocenters. The smallest absolute Gasteiger partial charge is 0.545 e. The monoisotopic (exact) mass is 516 g/mol. The number of carboxylic acid groups (broad SMARTS) is 2. The zero-order valence-electron chi connectivity index (χ0n) is 20.6. The molecule has 10 nitrogen and oxygen atoms in total. The molecule has 0 fully saturated rings. The number of aromatic carboxylic acids is 2. The molecular weight excluding hydrogens is 498 g/mol. The zero-order chi connectivity index (χ0) is 25.3. The van der Waals surface area contributed by atoms with Crippen molar-refractivity contribution < 1.29 is 83.7 Å². The van der Waals surface area contributed by atoms with Gasteiger partial charge in [0, 0.05) is 5.69 Å². The summed E-state index contributed by atoms with van der Waals surface area (Å²) in [6, 6.07) is 11.3. The minimum absolute atomic E-state index is 0. The Morgan fingerprint density at radius 2 is 1.38 bits per heavy atom. The summed E-state index contributed by atoms with van der Waals surface area (Å²) >= 11 is 0. The molecule has 1 aromatic heterocycles. The fraction of sp³-hybridized carbons (Fsp3) is 0.0800. The van der Waals surface area contributed by atoms with E-state index in [0.29, 0.717) is 33.9 Å². The van der Waals surface area contributed by atoms with Crippen LogP contribution in [0.15, 0.2) is 76.2 Å². The van der Waals surface area contributed by atoms with Crippen LogP contribution in [0.3, 0.4) is 0 Å². The number of nitrogens with zero attached hydrogens (tertiary/aromatic N) is 3. The van der Waals surface area contributed by atoms with Crippen LogP contribution in [0.5, 0.6) is 0 Å². The molecule has 0 saturated heterocycles. The summed E-state index contributed by atoms with van der Waals surface area (Å²) in [7, 11) is 0. The van der Waals surface area contributed by atoms with Gasteiger partial charge in [0.2, 0.25) is 0 Å². The first kappa shape index (κ1) is 30.2. The van der Waals surface area contributed by atoms with Gasteiger partial charge >= 0.3 is 59.1 Å². The number of rotatable bonds is 6. The summed E-state index contributed by atoms with van der Waals surface area (Å²) in [5.41, 5.74) is 2.21. The summed E-state index contributed by atoms with van der Waals surface area (Å²) in [5, 5.41) is 30.2. The van der Waals surface area contributed by atoms with Gasteiger partial charge in [0.05, 0.1) is 40.2 Å². The maximum Gasteiger partial charge on any atom is 1.00 e. The van der Waals surface area contributed by atoms with Gasteiger partial charge in [-0.1, -0.05) is 30.3 Å². The van der Waals surface area contributed by atoms with E-state index in [9.17, 15) is 29.4 Å². The van der Waals surface area contributed by atoms with Crippen LogP contribution in [-0.4, -0.2) is 33.3 Å². The zero-order valence-corrected chi connectivity index (χ0v) is 24.6. The number of carbonyl (C=O) groups excluding carboxylic acids is 3. The van der Waals surface area contributed by atoms with Crippen LogP contribution >= 0.6 is 0 Å². The molecule has 1 aliphatic heterocycles. The number of anilines is 1. The number of allylic oxidation sites excluding steroid dienone is 2. The van der Waals surface area contributed by atoms with E-state index in [0.717, 1.165) is 0 Å². The molecule has 0 spiro atoms. The molecule has 3 aromatic rings. The summed E-state index contributed by atoms with van der Waals surface area (Å²) in [5.74, 6) is -3.02.